The molecule has 6 heteroatoms. The molecule has 2 nitrogen and oxygen atoms in total. The van der Waals surface area contributed by atoms with Crippen molar-refractivity contribution in [3.8, 4) is 0 Å². The Kier molecular flexibility index (Phi) is 8.21. The summed E-state index contributed by atoms with van der Waals surface area (Å²) in [6.45, 7) is 0. The Morgan fingerprint density at radius 2 is 2.12 bits per heavy atom. The normalized spacial score (nSPS) is 11.4. The van der Waals surface area contributed by atoms with Crippen LogP contribution in [0.1, 0.15) is 0 Å². The van der Waals surface area contributed by atoms with E-state index in [4.69, 9.17) is 0 Å². The van der Waals surface area contributed by atoms with Crippen molar-refractivity contribution in [1.29, 1.82) is 0 Å². The zero-order chi connectivity index (χ0) is 5.86. The number of halogens is 3. The zero-order valence-electron chi connectivity index (χ0n) is 3.03. The van der Waals surface area contributed by atoms with Crippen LogP contribution in [0, 0.1) is 0 Å². The maximum atomic E-state index is 11.1. The van der Waals surface area contributed by atoms with E-state index in [-0.39, 0.29) is 29.6 Å². The van der Waals surface area contributed by atoms with E-state index in [0.717, 1.165) is 0 Å². The second-order valence-electron chi connectivity index (χ2n) is 0.697. The van der Waals surface area contributed by atoms with E-state index in [0.29, 0.717) is 0 Å². The van der Waals surface area contributed by atoms with Gasteiger partial charge in [-0.25, -0.2) is 9.18 Å². The number of carbonyl (C=O) groups is 1. The van der Waals surface area contributed by atoms with Crippen LogP contribution >= 0.6 is 11.6 Å². The summed E-state index contributed by atoms with van der Waals surface area (Å²) in [6.07, 6.45) is 0. The van der Waals surface area contributed by atoms with E-state index in [1.165, 1.54) is 0 Å². The van der Waals surface area contributed by atoms with E-state index in [2.05, 4.69) is 16.5 Å². The van der Waals surface area contributed by atoms with Crippen molar-refractivity contribution in [2.24, 2.45) is 0 Å². The van der Waals surface area contributed by atoms with Gasteiger partial charge in [-0.15, -0.1) is 0 Å². The molecular formula is C2H2ClF2NaO2. The summed E-state index contributed by atoms with van der Waals surface area (Å²) in [6, 6.07) is 0. The summed E-state index contributed by atoms with van der Waals surface area (Å²) in [5.74, 6) is -1.72. The molecule has 0 rings (SSSR count). The fraction of sp³-hybridized carbons (Fsp3) is 0.500. The second-order valence-corrected chi connectivity index (χ2v) is 1.08. The van der Waals surface area contributed by atoms with Gasteiger partial charge in [0.25, 0.3) is 5.63 Å². The Morgan fingerprint density at radius 1 is 1.75 bits per heavy atom. The van der Waals surface area contributed by atoms with Gasteiger partial charge in [0.2, 0.25) is 0 Å². The Hall–Kier alpha value is 0.620. The molecule has 8 heavy (non-hydrogen) atoms. The standard InChI is InChI=1S/C2HClF2O2.Na.H/c3-1(4)2(6)7-5;;/h1H;;. The summed E-state index contributed by atoms with van der Waals surface area (Å²) in [5.41, 5.74) is -2.40. The Morgan fingerprint density at radius 3 is 2.12 bits per heavy atom. The SMILES string of the molecule is O=C(OF)C(F)Cl.[NaH]. The predicted octanol–water partition coefficient (Wildman–Crippen LogP) is 0.300. The van der Waals surface area contributed by atoms with E-state index in [1.807, 2.05) is 0 Å². The Bertz CT molecular complexity index is 78.4. The fourth-order valence-electron chi connectivity index (χ4n) is 0.0337. The van der Waals surface area contributed by atoms with E-state index in [1.54, 1.807) is 0 Å². The van der Waals surface area contributed by atoms with Crippen LogP contribution in [0.2, 0.25) is 0 Å². The van der Waals surface area contributed by atoms with Gasteiger partial charge in [-0.2, -0.15) is 0 Å². The van der Waals surface area contributed by atoms with E-state index >= 15 is 0 Å². The number of carbonyl (C=O) groups excluding carboxylic acids is 1. The van der Waals surface area contributed by atoms with Crippen LogP contribution in [0.3, 0.4) is 0 Å². The van der Waals surface area contributed by atoms with Gasteiger partial charge in [0.15, 0.2) is 0 Å². The first-order valence-corrected chi connectivity index (χ1v) is 1.72. The summed E-state index contributed by atoms with van der Waals surface area (Å²) in [4.78, 5) is 11.8. The van der Waals surface area contributed by atoms with Crippen LogP contribution in [-0.2, 0) is 9.74 Å². The van der Waals surface area contributed by atoms with Crippen molar-refractivity contribution in [2.45, 2.75) is 5.63 Å². The first-order valence-electron chi connectivity index (χ1n) is 1.29. The summed E-state index contributed by atoms with van der Waals surface area (Å²) < 4.78 is 21.6. The van der Waals surface area contributed by atoms with E-state index < -0.39 is 11.6 Å². The molecule has 0 aliphatic rings. The van der Waals surface area contributed by atoms with Crippen molar-refractivity contribution in [2.75, 3.05) is 0 Å². The molecule has 0 N–H and O–H groups in total. The molecule has 0 aromatic heterocycles. The van der Waals surface area contributed by atoms with Gasteiger partial charge >= 0.3 is 35.5 Å². The van der Waals surface area contributed by atoms with Crippen molar-refractivity contribution >= 4 is 47.1 Å². The van der Waals surface area contributed by atoms with Crippen molar-refractivity contribution < 1.29 is 18.7 Å². The molecule has 0 aromatic rings. The summed E-state index contributed by atoms with van der Waals surface area (Å²) >= 11 is 4.35. The van der Waals surface area contributed by atoms with Gasteiger partial charge in [-0.3, -0.25) is 4.94 Å². The predicted molar refractivity (Wildman–Crippen MR) is 25.1 cm³/mol. The van der Waals surface area contributed by atoms with Gasteiger partial charge < -0.3 is 0 Å². The number of alkyl halides is 2. The molecule has 1 atom stereocenters. The molecular weight excluding hydrogens is 152 g/mol. The first kappa shape index (κ1) is 11.4. The van der Waals surface area contributed by atoms with Crippen LogP contribution in [0.25, 0.3) is 0 Å². The third-order valence-electron chi connectivity index (χ3n) is 0.254. The summed E-state index contributed by atoms with van der Waals surface area (Å²) in [5, 5.41) is 0. The van der Waals surface area contributed by atoms with Crippen LogP contribution in [0.4, 0.5) is 8.92 Å². The van der Waals surface area contributed by atoms with Crippen LogP contribution in [-0.4, -0.2) is 41.2 Å². The Labute approximate surface area is 71.3 Å². The van der Waals surface area contributed by atoms with Crippen LogP contribution in [0.5, 0.6) is 0 Å². The maximum absolute atomic E-state index is 11.1. The molecule has 0 spiro atoms. The topological polar surface area (TPSA) is 26.3 Å². The monoisotopic (exact) mass is 154 g/mol. The van der Waals surface area contributed by atoms with Crippen molar-refractivity contribution in [3.05, 3.63) is 0 Å². The Balaban J connectivity index is 0. The molecule has 0 aliphatic carbocycles. The third-order valence-corrected chi connectivity index (χ3v) is 0.432. The van der Waals surface area contributed by atoms with Gasteiger partial charge in [-0.05, 0) is 0 Å². The molecule has 1 unspecified atom stereocenters. The third kappa shape index (κ3) is 4.77. The minimum atomic E-state index is -2.40. The average molecular weight is 154 g/mol. The number of hydrogen-bond donors (Lipinski definition) is 0. The number of hydrogen-bond acceptors (Lipinski definition) is 2. The van der Waals surface area contributed by atoms with Gasteiger partial charge in [0.05, 0.1) is 0 Å². The van der Waals surface area contributed by atoms with Gasteiger partial charge in [-0.1, -0.05) is 11.6 Å². The molecule has 0 radical (unpaired) electrons. The summed E-state index contributed by atoms with van der Waals surface area (Å²) in [7, 11) is 0. The molecule has 0 saturated carbocycles. The quantitative estimate of drug-likeness (QED) is 0.401. The molecule has 0 amide bonds. The van der Waals surface area contributed by atoms with Crippen molar-refractivity contribution in [1.82, 2.24) is 0 Å². The molecule has 0 bridgehead atoms. The van der Waals surface area contributed by atoms with E-state index in [9.17, 15) is 13.7 Å². The van der Waals surface area contributed by atoms with Crippen molar-refractivity contribution in [3.63, 3.8) is 0 Å². The molecule has 0 saturated heterocycles. The molecule has 0 aliphatic heterocycles. The molecule has 0 aromatic carbocycles. The van der Waals surface area contributed by atoms with Gasteiger partial charge in [0.1, 0.15) is 0 Å². The minimum absolute atomic E-state index is 0. The molecule has 0 heterocycles. The zero-order valence-corrected chi connectivity index (χ0v) is 3.78. The van der Waals surface area contributed by atoms with Gasteiger partial charge in [0, 0.05) is 4.53 Å². The average Bonchev–Trinajstić information content (AvgIpc) is 1.65. The fourth-order valence-corrected chi connectivity index (χ4v) is 0.0673. The van der Waals surface area contributed by atoms with Crippen LogP contribution in [0.15, 0.2) is 0 Å². The molecule has 0 fully saturated rings. The molecule has 44 valence electrons. The first-order chi connectivity index (χ1) is 3.18. The number of rotatable bonds is 1. The second kappa shape index (κ2) is 5.75. The van der Waals surface area contributed by atoms with Crippen LogP contribution < -0.4 is 0 Å².